The molecule has 10 heteroatoms. The Balaban J connectivity index is -0.000000388. The number of halogens is 2. The van der Waals surface area contributed by atoms with Crippen molar-refractivity contribution in [3.05, 3.63) is 32.9 Å². The molecule has 0 aromatic heterocycles. The summed E-state index contributed by atoms with van der Waals surface area (Å²) >= 11 is 2.26. The van der Waals surface area contributed by atoms with Gasteiger partial charge in [-0.2, -0.15) is 0 Å². The molecule has 2 rings (SSSR count). The van der Waals surface area contributed by atoms with E-state index in [2.05, 4.69) is 77.6 Å². The Labute approximate surface area is 282 Å². The zero-order chi connectivity index (χ0) is 33.3. The first-order chi connectivity index (χ1) is 20.2. The van der Waals surface area contributed by atoms with Crippen LogP contribution in [0.1, 0.15) is 143 Å². The van der Waals surface area contributed by atoms with Crippen LogP contribution in [0.25, 0.3) is 0 Å². The van der Waals surface area contributed by atoms with Crippen LogP contribution in [0.5, 0.6) is 0 Å². The van der Waals surface area contributed by atoms with Crippen molar-refractivity contribution in [2.24, 2.45) is 0 Å². The minimum Gasteiger partial charge on any atom is -0.870 e. The van der Waals surface area contributed by atoms with Crippen molar-refractivity contribution >= 4 is 40.5 Å². The molecule has 2 atom stereocenters. The molecule has 1 aliphatic rings. The van der Waals surface area contributed by atoms with Gasteiger partial charge < -0.3 is 24.5 Å². The van der Waals surface area contributed by atoms with Crippen molar-refractivity contribution in [1.29, 1.82) is 0 Å². The number of hydrogen-bond donors (Lipinski definition) is 1. The van der Waals surface area contributed by atoms with Crippen LogP contribution in [0.3, 0.4) is 0 Å². The average Bonchev–Trinajstić information content (AvgIpc) is 2.90. The molecule has 0 saturated carbocycles. The maximum absolute atomic E-state index is 12.2. The lowest BCUT2D eigenvalue weighted by molar-refractivity contribution is -0.849. The summed E-state index contributed by atoms with van der Waals surface area (Å²) in [5, 5.41) is 8.14. The number of carboxylic acid groups (broad SMARTS) is 1. The molecular weight excluding hydrogens is 680 g/mol. The maximum Gasteiger partial charge on any atom is 0.306 e. The largest absolute Gasteiger partial charge is 0.870 e. The molecule has 8 nitrogen and oxygen atoms in total. The summed E-state index contributed by atoms with van der Waals surface area (Å²) in [6, 6.07) is 6.08. The van der Waals surface area contributed by atoms with Gasteiger partial charge in [-0.25, -0.2) is 0 Å². The smallest absolute Gasteiger partial charge is 0.306 e. The second-order valence-electron chi connectivity index (χ2n) is 11.8. The number of nitrogens with zero attached hydrogens (tertiary/aromatic N) is 1. The lowest BCUT2D eigenvalue weighted by Gasteiger charge is -2.31. The number of carbonyl (C=O) groups is 3. The molecule has 2 unspecified atom stereocenters. The first-order valence-corrected chi connectivity index (χ1v) is 16.4. The molecule has 0 saturated heterocycles. The van der Waals surface area contributed by atoms with Crippen molar-refractivity contribution < 1.29 is 44.7 Å². The highest BCUT2D eigenvalue weighted by Gasteiger charge is 2.31. The zero-order valence-electron chi connectivity index (χ0n) is 28.6. The molecule has 44 heavy (non-hydrogen) atoms. The summed E-state index contributed by atoms with van der Waals surface area (Å²) in [5.74, 6) is -0.945. The molecule has 0 heterocycles. The second kappa shape index (κ2) is 29.9. The Bertz CT molecular complexity index is 894. The van der Waals surface area contributed by atoms with Crippen molar-refractivity contribution in [2.45, 2.75) is 130 Å². The van der Waals surface area contributed by atoms with Gasteiger partial charge in [0.15, 0.2) is 0 Å². The normalized spacial score (nSPS) is 14.9. The zero-order valence-corrected chi connectivity index (χ0v) is 29.8. The van der Waals surface area contributed by atoms with Gasteiger partial charge in [0.1, 0.15) is 12.2 Å². The summed E-state index contributed by atoms with van der Waals surface area (Å²) in [6.45, 7) is 6.30. The minimum absolute atomic E-state index is 0. The van der Waals surface area contributed by atoms with Gasteiger partial charge in [-0.05, 0) is 72.4 Å². The van der Waals surface area contributed by atoms with Gasteiger partial charge in [0.05, 0.1) is 36.7 Å². The van der Waals surface area contributed by atoms with E-state index in [1.165, 1.54) is 0 Å². The van der Waals surface area contributed by atoms with E-state index in [0.717, 1.165) is 77.0 Å². The summed E-state index contributed by atoms with van der Waals surface area (Å²) in [4.78, 5) is 34.2. The highest BCUT2D eigenvalue weighted by Crippen LogP contribution is 2.41. The quantitative estimate of drug-likeness (QED) is 0.0873. The highest BCUT2D eigenvalue weighted by molar-refractivity contribution is 14.1. The molecule has 0 fully saturated rings. The van der Waals surface area contributed by atoms with Crippen LogP contribution in [0.2, 0.25) is 0 Å². The van der Waals surface area contributed by atoms with Gasteiger partial charge in [-0.1, -0.05) is 72.8 Å². The number of ether oxygens (including phenoxy) is 2. The van der Waals surface area contributed by atoms with Crippen LogP contribution >= 0.6 is 22.6 Å². The number of quaternary nitrogens is 1. The van der Waals surface area contributed by atoms with Crippen LogP contribution in [0.15, 0.2) is 18.2 Å². The summed E-state index contributed by atoms with van der Waals surface area (Å²) in [5.41, 5.74) is 1.97. The molecule has 1 aliphatic carbocycles. The van der Waals surface area contributed by atoms with Crippen LogP contribution in [-0.4, -0.2) is 68.3 Å². The SMILES string of the molecule is C.CCCCCC(=O)O.CCCCCC(=O)OC1CCC(OC(=O)CCCCC)c2cc(I)ccc21.C[N+](C)(C)C.[2H]CF.[OH-]. The predicted octanol–water partition coefficient (Wildman–Crippen LogP) is 9.43. The van der Waals surface area contributed by atoms with E-state index >= 15 is 0 Å². The Morgan fingerprint density at radius 1 is 0.841 bits per heavy atom. The Morgan fingerprint density at radius 2 is 1.20 bits per heavy atom. The lowest BCUT2D eigenvalue weighted by atomic mass is 9.87. The number of esters is 2. The van der Waals surface area contributed by atoms with Gasteiger partial charge in [-0.15, -0.1) is 0 Å². The Kier molecular flexibility index (Phi) is 31.7. The first kappa shape index (κ1) is 46.6. The number of fused-ring (bicyclic) bond motifs is 1. The van der Waals surface area contributed by atoms with E-state index in [9.17, 15) is 18.8 Å². The summed E-state index contributed by atoms with van der Waals surface area (Å²) in [7, 11) is 7.50. The van der Waals surface area contributed by atoms with Crippen molar-refractivity contribution in [3.8, 4) is 0 Å². The summed E-state index contributed by atoms with van der Waals surface area (Å²) < 4.78 is 29.1. The van der Waals surface area contributed by atoms with Gasteiger partial charge in [-0.3, -0.25) is 18.8 Å². The molecule has 0 amide bonds. The number of carboxylic acids is 1. The third-order valence-corrected chi connectivity index (χ3v) is 6.62. The van der Waals surface area contributed by atoms with E-state index < -0.39 is 13.1 Å². The van der Waals surface area contributed by atoms with Crippen molar-refractivity contribution in [3.63, 3.8) is 0 Å². The highest BCUT2D eigenvalue weighted by atomic mass is 127. The molecule has 1 aromatic rings. The Morgan fingerprint density at radius 3 is 1.57 bits per heavy atom. The second-order valence-corrected chi connectivity index (χ2v) is 13.0. The molecule has 0 aliphatic heterocycles. The van der Waals surface area contributed by atoms with Crippen LogP contribution in [0.4, 0.5) is 4.39 Å². The number of aliphatic carboxylic acids is 1. The molecule has 2 N–H and O–H groups in total. The average molecular weight is 745 g/mol. The fourth-order valence-corrected chi connectivity index (χ4v) is 4.49. The number of alkyl halides is 1. The molecular formula is C34H63FINO7. The third-order valence-electron chi connectivity index (χ3n) is 5.94. The molecule has 1 aromatic carbocycles. The maximum atomic E-state index is 12.2. The topological polar surface area (TPSA) is 120 Å². The predicted molar refractivity (Wildman–Crippen MR) is 186 cm³/mol. The fourth-order valence-electron chi connectivity index (χ4n) is 3.98. The molecule has 0 spiro atoms. The number of unbranched alkanes of at least 4 members (excludes halogenated alkanes) is 6. The number of carbonyl (C=O) groups excluding carboxylic acids is 2. The number of benzene rings is 1. The monoisotopic (exact) mass is 744 g/mol. The first-order valence-electron chi connectivity index (χ1n) is 16.0. The lowest BCUT2D eigenvalue weighted by Crippen LogP contribution is -2.27. The van der Waals surface area contributed by atoms with E-state index in [1.807, 2.05) is 12.1 Å². The van der Waals surface area contributed by atoms with E-state index in [4.69, 9.17) is 16.0 Å². The standard InChI is InChI=1S/C22H31IO4.C6H12O2.C4H12N.CH3F.CH4.H2O/c1-3-5-7-9-21(24)26-19-13-14-20(27-22(25)10-8-6-4-2)18-15-16(23)11-12-17(18)19;1-2-3-4-5-6(7)8;1-5(2,3)4;1-2;;/h11-12,15,19-20H,3-10,13-14H2,1-2H3;2-5H2,1H3,(H,7,8);1-4H3;1H3;1H4;1H2/q;;+1;;;/p-1/i;;;1D;;. The van der Waals surface area contributed by atoms with Crippen LogP contribution < -0.4 is 0 Å². The van der Waals surface area contributed by atoms with Crippen LogP contribution in [0, 0.1) is 3.57 Å². The van der Waals surface area contributed by atoms with E-state index in [0.29, 0.717) is 32.1 Å². The third kappa shape index (κ3) is 27.7. The van der Waals surface area contributed by atoms with Gasteiger partial charge in [0, 0.05) is 28.4 Å². The summed E-state index contributed by atoms with van der Waals surface area (Å²) in [6.07, 6.45) is 11.2. The molecule has 0 radical (unpaired) electrons. The van der Waals surface area contributed by atoms with Gasteiger partial charge >= 0.3 is 17.9 Å². The minimum atomic E-state index is -1.00. The van der Waals surface area contributed by atoms with Gasteiger partial charge in [0.25, 0.3) is 0 Å². The van der Waals surface area contributed by atoms with Crippen LogP contribution in [-0.2, 0) is 23.9 Å². The number of rotatable bonds is 14. The molecule has 260 valence electrons. The van der Waals surface area contributed by atoms with Crippen molar-refractivity contribution in [2.75, 3.05) is 35.3 Å². The van der Waals surface area contributed by atoms with E-state index in [-0.39, 0.29) is 37.0 Å². The Hall–Kier alpha value is -1.79. The van der Waals surface area contributed by atoms with Crippen molar-refractivity contribution in [1.82, 2.24) is 0 Å². The fraction of sp³-hybridized carbons (Fsp3) is 0.735. The molecule has 0 bridgehead atoms. The van der Waals surface area contributed by atoms with Gasteiger partial charge in [0.2, 0.25) is 0 Å². The van der Waals surface area contributed by atoms with E-state index in [1.54, 1.807) is 0 Å². The number of hydrogen-bond acceptors (Lipinski definition) is 6.